The number of thiazole rings is 1. The number of hydrogen-bond acceptors (Lipinski definition) is 5. The fraction of sp³-hybridized carbons (Fsp3) is 0.692. The molecule has 0 saturated carbocycles. The topological polar surface area (TPSA) is 54.5 Å². The molecule has 1 aromatic rings. The second kappa shape index (κ2) is 7.89. The van der Waals surface area contributed by atoms with E-state index in [1.165, 1.54) is 30.6 Å². The first-order chi connectivity index (χ1) is 10.4. The minimum atomic E-state index is -4.43. The third-order valence-corrected chi connectivity index (χ3v) is 3.94. The molecule has 124 valence electrons. The van der Waals surface area contributed by atoms with Crippen LogP contribution in [0.25, 0.3) is 0 Å². The number of rotatable bonds is 6. The molecule has 1 amide bonds. The van der Waals surface area contributed by atoms with Crippen LogP contribution < -0.4 is 5.32 Å². The van der Waals surface area contributed by atoms with Crippen LogP contribution in [0.4, 0.5) is 18.3 Å². The predicted octanol–water partition coefficient (Wildman–Crippen LogP) is 2.65. The standard InChI is InChI=1S/C13H18F3N3O2S/c14-13(15,16)9-21-7-11(20)18-12-17-10(8-22-12)6-19-4-2-1-3-5-19/h8H,1-7,9H2,(H,17,18,20). The maximum absolute atomic E-state index is 11.9. The van der Waals surface area contributed by atoms with Crippen molar-refractivity contribution in [1.82, 2.24) is 9.88 Å². The van der Waals surface area contributed by atoms with Gasteiger partial charge >= 0.3 is 6.18 Å². The number of hydrogen-bond donors (Lipinski definition) is 1. The lowest BCUT2D eigenvalue weighted by atomic mass is 10.1. The smallest absolute Gasteiger partial charge is 0.362 e. The maximum atomic E-state index is 11.9. The normalized spacial score (nSPS) is 16.7. The Labute approximate surface area is 130 Å². The molecule has 1 saturated heterocycles. The molecule has 22 heavy (non-hydrogen) atoms. The van der Waals surface area contributed by atoms with Crippen molar-refractivity contribution in [3.8, 4) is 0 Å². The lowest BCUT2D eigenvalue weighted by molar-refractivity contribution is -0.174. The van der Waals surface area contributed by atoms with E-state index in [-0.39, 0.29) is 0 Å². The second-order valence-corrected chi connectivity index (χ2v) is 6.00. The summed E-state index contributed by atoms with van der Waals surface area (Å²) in [6.07, 6.45) is -0.801. The van der Waals surface area contributed by atoms with Crippen LogP contribution in [-0.2, 0) is 16.1 Å². The molecule has 0 aliphatic carbocycles. The van der Waals surface area contributed by atoms with Crippen molar-refractivity contribution in [2.75, 3.05) is 31.6 Å². The Balaban J connectivity index is 1.72. The Kier molecular flexibility index (Phi) is 6.16. The molecule has 1 fully saturated rings. The van der Waals surface area contributed by atoms with Crippen LogP contribution in [0.1, 0.15) is 25.0 Å². The quantitative estimate of drug-likeness (QED) is 0.867. The zero-order valence-electron chi connectivity index (χ0n) is 12.0. The van der Waals surface area contributed by atoms with Crippen molar-refractivity contribution >= 4 is 22.4 Å². The SMILES string of the molecule is O=C(COCC(F)(F)F)Nc1nc(CN2CCCCC2)cs1. The van der Waals surface area contributed by atoms with Gasteiger partial charge in [-0.15, -0.1) is 11.3 Å². The monoisotopic (exact) mass is 337 g/mol. The van der Waals surface area contributed by atoms with Crippen LogP contribution in [0.15, 0.2) is 5.38 Å². The molecule has 2 heterocycles. The average molecular weight is 337 g/mol. The van der Waals surface area contributed by atoms with Crippen molar-refractivity contribution in [1.29, 1.82) is 0 Å². The third-order valence-electron chi connectivity index (χ3n) is 3.13. The van der Waals surface area contributed by atoms with Gasteiger partial charge in [-0.05, 0) is 25.9 Å². The largest absolute Gasteiger partial charge is 0.411 e. The number of likely N-dealkylation sites (tertiary alicyclic amines) is 1. The molecular weight excluding hydrogens is 319 g/mol. The van der Waals surface area contributed by atoms with E-state index >= 15 is 0 Å². The predicted molar refractivity (Wildman–Crippen MR) is 76.7 cm³/mol. The zero-order chi connectivity index (χ0) is 16.0. The number of carbonyl (C=O) groups is 1. The number of amides is 1. The highest BCUT2D eigenvalue weighted by molar-refractivity contribution is 7.13. The maximum Gasteiger partial charge on any atom is 0.411 e. The van der Waals surface area contributed by atoms with Gasteiger partial charge in [0.1, 0.15) is 13.2 Å². The van der Waals surface area contributed by atoms with Crippen LogP contribution in [0.2, 0.25) is 0 Å². The Morgan fingerprint density at radius 1 is 1.36 bits per heavy atom. The van der Waals surface area contributed by atoms with E-state index in [9.17, 15) is 18.0 Å². The van der Waals surface area contributed by atoms with Gasteiger partial charge in [0.25, 0.3) is 5.91 Å². The van der Waals surface area contributed by atoms with Gasteiger partial charge in [-0.25, -0.2) is 4.98 Å². The number of nitrogens with one attached hydrogen (secondary N) is 1. The van der Waals surface area contributed by atoms with Crippen molar-refractivity contribution in [2.24, 2.45) is 0 Å². The van der Waals surface area contributed by atoms with E-state index < -0.39 is 25.3 Å². The lowest BCUT2D eigenvalue weighted by Crippen LogP contribution is -2.29. The molecule has 0 radical (unpaired) electrons. The van der Waals surface area contributed by atoms with Gasteiger partial charge in [0.15, 0.2) is 5.13 Å². The van der Waals surface area contributed by atoms with Gasteiger partial charge in [0, 0.05) is 11.9 Å². The molecule has 5 nitrogen and oxygen atoms in total. The molecule has 9 heteroatoms. The van der Waals surface area contributed by atoms with E-state index in [1.54, 1.807) is 0 Å². The Morgan fingerprint density at radius 2 is 2.09 bits per heavy atom. The highest BCUT2D eigenvalue weighted by atomic mass is 32.1. The summed E-state index contributed by atoms with van der Waals surface area (Å²) in [5.41, 5.74) is 0.860. The molecule has 0 bridgehead atoms. The lowest BCUT2D eigenvalue weighted by Gasteiger charge is -2.25. The molecule has 0 unspecified atom stereocenters. The molecule has 1 aliphatic heterocycles. The summed E-state index contributed by atoms with van der Waals surface area (Å²) < 4.78 is 40.0. The first kappa shape index (κ1) is 17.2. The highest BCUT2D eigenvalue weighted by Crippen LogP contribution is 2.19. The first-order valence-corrected chi connectivity index (χ1v) is 7.91. The summed E-state index contributed by atoms with van der Waals surface area (Å²) in [4.78, 5) is 18.0. The van der Waals surface area contributed by atoms with Crippen LogP contribution in [0, 0.1) is 0 Å². The summed E-state index contributed by atoms with van der Waals surface area (Å²) in [5, 5.41) is 4.67. The van der Waals surface area contributed by atoms with Gasteiger partial charge in [0.2, 0.25) is 0 Å². The fourth-order valence-electron chi connectivity index (χ4n) is 2.20. The minimum Gasteiger partial charge on any atom is -0.362 e. The molecule has 1 aromatic heterocycles. The highest BCUT2D eigenvalue weighted by Gasteiger charge is 2.27. The number of alkyl halides is 3. The van der Waals surface area contributed by atoms with Crippen molar-refractivity contribution in [2.45, 2.75) is 32.0 Å². The number of anilines is 1. The third kappa shape index (κ3) is 6.29. The van der Waals surface area contributed by atoms with E-state index in [0.29, 0.717) is 5.13 Å². The Hall–Kier alpha value is -1.19. The number of halogens is 3. The minimum absolute atomic E-state index is 0.382. The van der Waals surface area contributed by atoms with Gasteiger partial charge in [-0.1, -0.05) is 6.42 Å². The molecule has 0 spiro atoms. The summed E-state index contributed by atoms with van der Waals surface area (Å²) in [5.74, 6) is -0.636. The van der Waals surface area contributed by atoms with Gasteiger partial charge in [-0.3, -0.25) is 15.0 Å². The van der Waals surface area contributed by atoms with Crippen LogP contribution in [0.3, 0.4) is 0 Å². The zero-order valence-corrected chi connectivity index (χ0v) is 12.8. The average Bonchev–Trinajstić information content (AvgIpc) is 2.85. The molecular formula is C13H18F3N3O2S. The summed E-state index contributed by atoms with van der Waals surface area (Å²) >= 11 is 1.26. The Bertz CT molecular complexity index is 487. The van der Waals surface area contributed by atoms with E-state index in [1.807, 2.05) is 5.38 Å². The second-order valence-electron chi connectivity index (χ2n) is 5.14. The number of ether oxygens (including phenoxy) is 1. The van der Waals surface area contributed by atoms with Crippen molar-refractivity contribution in [3.05, 3.63) is 11.1 Å². The first-order valence-electron chi connectivity index (χ1n) is 7.03. The van der Waals surface area contributed by atoms with Gasteiger partial charge < -0.3 is 4.74 Å². The number of aromatic nitrogens is 1. The summed E-state index contributed by atoms with van der Waals surface area (Å²) in [6.45, 7) is 0.755. The van der Waals surface area contributed by atoms with Crippen LogP contribution in [-0.4, -0.2) is 48.3 Å². The number of piperidine rings is 1. The summed E-state index contributed by atoms with van der Waals surface area (Å²) in [6, 6.07) is 0. The van der Waals surface area contributed by atoms with Gasteiger partial charge in [0.05, 0.1) is 5.69 Å². The fourth-order valence-corrected chi connectivity index (χ4v) is 2.92. The van der Waals surface area contributed by atoms with E-state index in [4.69, 9.17) is 0 Å². The van der Waals surface area contributed by atoms with Crippen LogP contribution >= 0.6 is 11.3 Å². The van der Waals surface area contributed by atoms with E-state index in [0.717, 1.165) is 25.3 Å². The summed E-state index contributed by atoms with van der Waals surface area (Å²) in [7, 11) is 0. The number of nitrogens with zero attached hydrogens (tertiary/aromatic N) is 2. The van der Waals surface area contributed by atoms with Crippen LogP contribution in [0.5, 0.6) is 0 Å². The van der Waals surface area contributed by atoms with E-state index in [2.05, 4.69) is 19.9 Å². The Morgan fingerprint density at radius 3 is 2.77 bits per heavy atom. The number of carbonyl (C=O) groups excluding carboxylic acids is 1. The molecule has 2 rings (SSSR count). The molecule has 0 atom stereocenters. The van der Waals surface area contributed by atoms with Gasteiger partial charge in [-0.2, -0.15) is 13.2 Å². The molecule has 0 aromatic carbocycles. The molecule has 1 aliphatic rings. The molecule has 1 N–H and O–H groups in total. The van der Waals surface area contributed by atoms with Crippen molar-refractivity contribution < 1.29 is 22.7 Å². The van der Waals surface area contributed by atoms with Crippen molar-refractivity contribution in [3.63, 3.8) is 0 Å².